The van der Waals surface area contributed by atoms with Crippen LogP contribution in [-0.4, -0.2) is 44.4 Å². The molecule has 0 atom stereocenters. The molecule has 3 aromatic heterocycles. The number of benzene rings is 1. The van der Waals surface area contributed by atoms with Crippen LogP contribution in [0.25, 0.3) is 16.6 Å². The highest BCUT2D eigenvalue weighted by Gasteiger charge is 2.23. The van der Waals surface area contributed by atoms with Crippen molar-refractivity contribution < 1.29 is 4.39 Å². The lowest BCUT2D eigenvalue weighted by atomic mass is 10.1. The van der Waals surface area contributed by atoms with Crippen molar-refractivity contribution in [1.29, 1.82) is 5.26 Å². The molecular formula is C23H20ClFN6S. The molecule has 0 aliphatic carbocycles. The number of pyridine rings is 1. The zero-order chi connectivity index (χ0) is 22.2. The molecule has 0 N–H and O–H groups in total. The summed E-state index contributed by atoms with van der Waals surface area (Å²) >= 11 is 8.05. The van der Waals surface area contributed by atoms with Crippen LogP contribution in [0.2, 0.25) is 5.15 Å². The number of nitrogens with zero attached hydrogens (tertiary/aromatic N) is 6. The highest BCUT2D eigenvalue weighted by molar-refractivity contribution is 7.99. The van der Waals surface area contributed by atoms with Crippen molar-refractivity contribution >= 4 is 28.9 Å². The first kappa shape index (κ1) is 21.0. The van der Waals surface area contributed by atoms with Gasteiger partial charge in [0.1, 0.15) is 17.0 Å². The lowest BCUT2D eigenvalue weighted by molar-refractivity contribution is 0.212. The molecule has 4 heterocycles. The second-order valence-corrected chi connectivity index (χ2v) is 9.36. The maximum atomic E-state index is 14.4. The van der Waals surface area contributed by atoms with E-state index in [0.29, 0.717) is 21.1 Å². The van der Waals surface area contributed by atoms with Crippen LogP contribution in [0.15, 0.2) is 58.7 Å². The Bertz CT molecular complexity index is 1330. The summed E-state index contributed by atoms with van der Waals surface area (Å²) in [7, 11) is 2.12. The summed E-state index contributed by atoms with van der Waals surface area (Å²) < 4.78 is 17.9. The van der Waals surface area contributed by atoms with Gasteiger partial charge >= 0.3 is 0 Å². The van der Waals surface area contributed by atoms with Gasteiger partial charge in [0.25, 0.3) is 0 Å². The summed E-state index contributed by atoms with van der Waals surface area (Å²) in [5.41, 5.74) is 2.68. The normalized spacial score (nSPS) is 15.3. The number of fused-ring (bicyclic) bond motifs is 1. The topological polar surface area (TPSA) is 62.2 Å². The number of halogens is 2. The minimum atomic E-state index is -0.313. The Morgan fingerprint density at radius 1 is 1.16 bits per heavy atom. The highest BCUT2D eigenvalue weighted by Crippen LogP contribution is 2.39. The number of nitriles is 1. The number of hydrogen-bond donors (Lipinski definition) is 0. The van der Waals surface area contributed by atoms with E-state index < -0.39 is 0 Å². The molecule has 4 aromatic rings. The average molecular weight is 467 g/mol. The van der Waals surface area contributed by atoms with Crippen LogP contribution < -0.4 is 0 Å². The molecule has 1 fully saturated rings. The van der Waals surface area contributed by atoms with Crippen molar-refractivity contribution in [2.45, 2.75) is 28.7 Å². The molecule has 0 saturated carbocycles. The second-order valence-electron chi connectivity index (χ2n) is 7.92. The van der Waals surface area contributed by atoms with Gasteiger partial charge in [-0.2, -0.15) is 15.5 Å². The van der Waals surface area contributed by atoms with Crippen molar-refractivity contribution in [3.05, 3.63) is 65.5 Å². The largest absolute Gasteiger partial charge is 0.306 e. The minimum Gasteiger partial charge on any atom is -0.306 e. The standard InChI is InChI=1S/C23H20ClFN6S/c1-29-8-6-17(7-9-29)31-23(24)18(13-28-31)15-10-21(32-20-5-3-2-4-19(20)25)22-16(11-26)12-27-30(22)14-15/h2-5,10,12-14,17H,6-9H2,1H3. The maximum absolute atomic E-state index is 14.4. The summed E-state index contributed by atoms with van der Waals surface area (Å²) in [6.45, 7) is 2.02. The molecule has 9 heteroatoms. The molecule has 1 aromatic carbocycles. The Balaban J connectivity index is 1.59. The summed E-state index contributed by atoms with van der Waals surface area (Å²) in [5, 5.41) is 19.1. The summed E-state index contributed by atoms with van der Waals surface area (Å²) in [6.07, 6.45) is 7.12. The van der Waals surface area contributed by atoms with Crippen molar-refractivity contribution in [3.63, 3.8) is 0 Å². The minimum absolute atomic E-state index is 0.262. The monoisotopic (exact) mass is 466 g/mol. The first-order valence-electron chi connectivity index (χ1n) is 10.3. The van der Waals surface area contributed by atoms with Crippen LogP contribution in [0.3, 0.4) is 0 Å². The molecular weight excluding hydrogens is 447 g/mol. The third-order valence-electron chi connectivity index (χ3n) is 5.83. The van der Waals surface area contributed by atoms with Gasteiger partial charge < -0.3 is 4.90 Å². The lowest BCUT2D eigenvalue weighted by Crippen LogP contribution is -2.31. The zero-order valence-corrected chi connectivity index (χ0v) is 18.9. The Hall–Kier alpha value is -2.86. The molecule has 5 rings (SSSR count). The number of piperidine rings is 1. The van der Waals surface area contributed by atoms with Gasteiger partial charge in [-0.15, -0.1) is 0 Å². The number of hydrogen-bond acceptors (Lipinski definition) is 5. The van der Waals surface area contributed by atoms with E-state index in [1.807, 2.05) is 16.9 Å². The fraction of sp³-hybridized carbons (Fsp3) is 0.261. The van der Waals surface area contributed by atoms with E-state index >= 15 is 0 Å². The summed E-state index contributed by atoms with van der Waals surface area (Å²) in [5.74, 6) is -0.313. The quantitative estimate of drug-likeness (QED) is 0.409. The van der Waals surface area contributed by atoms with Gasteiger partial charge in [0.2, 0.25) is 0 Å². The van der Waals surface area contributed by atoms with Gasteiger partial charge in [-0.1, -0.05) is 35.5 Å². The molecule has 6 nitrogen and oxygen atoms in total. The SMILES string of the molecule is CN1CCC(n2ncc(-c3cc(Sc4ccccc4F)c4c(C#N)cnn4c3)c2Cl)CC1. The smallest absolute Gasteiger partial charge is 0.137 e. The molecule has 1 aliphatic heterocycles. The van der Waals surface area contributed by atoms with E-state index in [2.05, 4.69) is 28.2 Å². The van der Waals surface area contributed by atoms with Gasteiger partial charge in [-0.3, -0.25) is 4.68 Å². The van der Waals surface area contributed by atoms with Crippen LogP contribution in [0.1, 0.15) is 24.4 Å². The van der Waals surface area contributed by atoms with Gasteiger partial charge in [0.15, 0.2) is 0 Å². The van der Waals surface area contributed by atoms with E-state index in [0.717, 1.165) is 42.0 Å². The Labute approximate surface area is 194 Å². The summed E-state index contributed by atoms with van der Waals surface area (Å²) in [4.78, 5) is 3.51. The number of aromatic nitrogens is 4. The van der Waals surface area contributed by atoms with E-state index in [9.17, 15) is 9.65 Å². The highest BCUT2D eigenvalue weighted by atomic mass is 35.5. The van der Waals surface area contributed by atoms with Gasteiger partial charge in [-0.05, 0) is 51.2 Å². The molecule has 0 amide bonds. The molecule has 0 spiro atoms. The predicted molar refractivity (Wildman–Crippen MR) is 122 cm³/mol. The zero-order valence-electron chi connectivity index (χ0n) is 17.4. The van der Waals surface area contributed by atoms with Crippen molar-refractivity contribution in [2.75, 3.05) is 20.1 Å². The van der Waals surface area contributed by atoms with E-state index in [-0.39, 0.29) is 11.9 Å². The van der Waals surface area contributed by atoms with Crippen molar-refractivity contribution in [3.8, 4) is 17.2 Å². The number of likely N-dealkylation sites (tertiary alicyclic amines) is 1. The van der Waals surface area contributed by atoms with E-state index in [1.165, 1.54) is 24.0 Å². The Kier molecular flexibility index (Phi) is 5.64. The lowest BCUT2D eigenvalue weighted by Gasteiger charge is -2.29. The van der Waals surface area contributed by atoms with Crippen LogP contribution in [0.4, 0.5) is 4.39 Å². The third-order valence-corrected chi connectivity index (χ3v) is 7.29. The van der Waals surface area contributed by atoms with Gasteiger partial charge in [-0.25, -0.2) is 8.91 Å². The molecule has 32 heavy (non-hydrogen) atoms. The molecule has 162 valence electrons. The first-order valence-corrected chi connectivity index (χ1v) is 11.5. The van der Waals surface area contributed by atoms with Crippen LogP contribution in [-0.2, 0) is 0 Å². The average Bonchev–Trinajstić information content (AvgIpc) is 3.39. The molecule has 0 radical (unpaired) electrons. The predicted octanol–water partition coefficient (Wildman–Crippen LogP) is 5.28. The third kappa shape index (κ3) is 3.77. The van der Waals surface area contributed by atoms with E-state index in [4.69, 9.17) is 11.6 Å². The second kappa shape index (κ2) is 8.58. The fourth-order valence-corrected chi connectivity index (χ4v) is 5.45. The van der Waals surface area contributed by atoms with Crippen molar-refractivity contribution in [2.24, 2.45) is 0 Å². The molecule has 1 aliphatic rings. The van der Waals surface area contributed by atoms with Crippen LogP contribution in [0.5, 0.6) is 0 Å². The molecule has 0 unspecified atom stereocenters. The van der Waals surface area contributed by atoms with Gasteiger partial charge in [0, 0.05) is 27.1 Å². The molecule has 0 bridgehead atoms. The van der Waals surface area contributed by atoms with E-state index in [1.54, 1.807) is 28.9 Å². The molecule has 1 saturated heterocycles. The van der Waals surface area contributed by atoms with Crippen LogP contribution >= 0.6 is 23.4 Å². The first-order chi connectivity index (χ1) is 15.5. The number of rotatable bonds is 4. The maximum Gasteiger partial charge on any atom is 0.137 e. The van der Waals surface area contributed by atoms with Crippen LogP contribution in [0, 0.1) is 17.1 Å². The fourth-order valence-electron chi connectivity index (χ4n) is 4.07. The van der Waals surface area contributed by atoms with Gasteiger partial charge in [0.05, 0.1) is 29.5 Å². The Morgan fingerprint density at radius 2 is 1.94 bits per heavy atom. The van der Waals surface area contributed by atoms with Crippen molar-refractivity contribution in [1.82, 2.24) is 24.3 Å². The summed E-state index contributed by atoms with van der Waals surface area (Å²) in [6, 6.07) is 11.0. The Morgan fingerprint density at radius 3 is 2.69 bits per heavy atom.